The molecule has 212 valence electrons. The first kappa shape index (κ1) is 32.0. The Morgan fingerprint density at radius 3 is 2.44 bits per heavy atom. The Hall–Kier alpha value is -3.19. The quantitative estimate of drug-likeness (QED) is 0.352. The molecule has 0 saturated carbocycles. The fourth-order valence-corrected chi connectivity index (χ4v) is 4.19. The highest BCUT2D eigenvalue weighted by Crippen LogP contribution is 2.31. The van der Waals surface area contributed by atoms with Crippen molar-refractivity contribution in [2.45, 2.75) is 77.8 Å². The van der Waals surface area contributed by atoms with Crippen molar-refractivity contribution in [3.8, 4) is 5.75 Å². The number of allylic oxidation sites excluding steroid dienone is 9. The van der Waals surface area contributed by atoms with Gasteiger partial charge in [0.05, 0.1) is 18.3 Å². The SMILES string of the molecule is CC1=CC=CC=CC=CCC(O)C(C)=CC=CC(C)CCC(O)CC(C(C)C(O)c2cccc(O)c2)OC1=O. The van der Waals surface area contributed by atoms with E-state index in [1.54, 1.807) is 44.2 Å². The lowest BCUT2D eigenvalue weighted by atomic mass is 9.88. The Bertz CT molecular complexity index is 1090. The lowest BCUT2D eigenvalue weighted by Gasteiger charge is -2.30. The molecule has 0 aliphatic carbocycles. The Labute approximate surface area is 233 Å². The van der Waals surface area contributed by atoms with Crippen molar-refractivity contribution >= 4 is 5.97 Å². The van der Waals surface area contributed by atoms with E-state index >= 15 is 0 Å². The maximum Gasteiger partial charge on any atom is 0.333 e. The number of phenols is 1. The molecule has 2 rings (SSSR count). The van der Waals surface area contributed by atoms with E-state index in [1.165, 1.54) is 12.1 Å². The molecule has 1 aromatic rings. The second-order valence-corrected chi connectivity index (χ2v) is 10.4. The molecule has 6 nitrogen and oxygen atoms in total. The van der Waals surface area contributed by atoms with Gasteiger partial charge in [-0.25, -0.2) is 4.79 Å². The van der Waals surface area contributed by atoms with E-state index in [0.717, 1.165) is 12.0 Å². The minimum absolute atomic E-state index is 0.0370. The molecule has 1 aliphatic rings. The number of esters is 1. The highest BCUT2D eigenvalue weighted by Gasteiger charge is 2.31. The molecule has 0 saturated heterocycles. The summed E-state index contributed by atoms with van der Waals surface area (Å²) >= 11 is 0. The molecule has 6 unspecified atom stereocenters. The third-order valence-corrected chi connectivity index (χ3v) is 6.95. The molecular weight excluding hydrogens is 492 g/mol. The Morgan fingerprint density at radius 2 is 1.69 bits per heavy atom. The van der Waals surface area contributed by atoms with E-state index in [-0.39, 0.29) is 18.1 Å². The van der Waals surface area contributed by atoms with Crippen molar-refractivity contribution in [3.05, 3.63) is 102 Å². The van der Waals surface area contributed by atoms with Gasteiger partial charge >= 0.3 is 5.97 Å². The predicted octanol–water partition coefficient (Wildman–Crippen LogP) is 6.02. The topological polar surface area (TPSA) is 107 Å². The van der Waals surface area contributed by atoms with Gasteiger partial charge in [0.1, 0.15) is 11.9 Å². The molecule has 1 aliphatic heterocycles. The zero-order chi connectivity index (χ0) is 28.8. The van der Waals surface area contributed by atoms with Crippen molar-refractivity contribution in [1.29, 1.82) is 0 Å². The van der Waals surface area contributed by atoms with Crippen LogP contribution in [0.4, 0.5) is 0 Å². The van der Waals surface area contributed by atoms with Crippen LogP contribution in [0.15, 0.2) is 96.2 Å². The summed E-state index contributed by atoms with van der Waals surface area (Å²) in [6, 6.07) is 6.36. The van der Waals surface area contributed by atoms with Crippen LogP contribution in [0.1, 0.15) is 65.0 Å². The third-order valence-electron chi connectivity index (χ3n) is 6.95. The number of hydrogen-bond acceptors (Lipinski definition) is 6. The summed E-state index contributed by atoms with van der Waals surface area (Å²) in [6.07, 6.45) is 17.3. The summed E-state index contributed by atoms with van der Waals surface area (Å²) < 4.78 is 5.83. The summed E-state index contributed by atoms with van der Waals surface area (Å²) in [6.45, 7) is 7.39. The van der Waals surface area contributed by atoms with Gasteiger partial charge in [0.15, 0.2) is 0 Å². The number of carbonyl (C=O) groups excluding carboxylic acids is 1. The smallest absolute Gasteiger partial charge is 0.333 e. The minimum Gasteiger partial charge on any atom is -0.508 e. The van der Waals surface area contributed by atoms with Gasteiger partial charge in [-0.1, -0.05) is 86.7 Å². The molecule has 0 bridgehead atoms. The lowest BCUT2D eigenvalue weighted by molar-refractivity contribution is -0.151. The normalized spacial score (nSPS) is 26.0. The van der Waals surface area contributed by atoms with E-state index in [0.29, 0.717) is 24.0 Å². The van der Waals surface area contributed by atoms with E-state index in [9.17, 15) is 25.2 Å². The van der Waals surface area contributed by atoms with Crippen LogP contribution in [0.3, 0.4) is 0 Å². The number of rotatable bonds is 3. The molecule has 1 aromatic carbocycles. The molecule has 39 heavy (non-hydrogen) atoms. The van der Waals surface area contributed by atoms with Crippen molar-refractivity contribution in [2.24, 2.45) is 11.8 Å². The van der Waals surface area contributed by atoms with Crippen LogP contribution in [0.5, 0.6) is 5.75 Å². The van der Waals surface area contributed by atoms with Crippen LogP contribution in [0.25, 0.3) is 0 Å². The summed E-state index contributed by atoms with van der Waals surface area (Å²) in [4.78, 5) is 12.9. The Balaban J connectivity index is 2.28. The molecule has 0 spiro atoms. The number of benzene rings is 1. The Morgan fingerprint density at radius 1 is 0.974 bits per heavy atom. The summed E-state index contributed by atoms with van der Waals surface area (Å²) in [5.41, 5.74) is 1.77. The number of ether oxygens (including phenoxy) is 1. The first-order valence-electron chi connectivity index (χ1n) is 13.6. The first-order valence-corrected chi connectivity index (χ1v) is 13.6. The average Bonchev–Trinajstić information content (AvgIpc) is 2.91. The zero-order valence-electron chi connectivity index (χ0n) is 23.5. The molecule has 0 amide bonds. The number of carbonyl (C=O) groups is 1. The second-order valence-electron chi connectivity index (χ2n) is 10.4. The van der Waals surface area contributed by atoms with Crippen molar-refractivity contribution in [1.82, 2.24) is 0 Å². The highest BCUT2D eigenvalue weighted by molar-refractivity contribution is 5.88. The molecule has 4 N–H and O–H groups in total. The van der Waals surface area contributed by atoms with Gasteiger partial charge < -0.3 is 25.2 Å². The molecular formula is C33H44O6. The molecule has 6 heteroatoms. The van der Waals surface area contributed by atoms with Gasteiger partial charge in [0, 0.05) is 17.9 Å². The molecule has 0 radical (unpaired) electrons. The Kier molecular flexibility index (Phi) is 13.7. The summed E-state index contributed by atoms with van der Waals surface area (Å²) in [5, 5.41) is 42.1. The maximum atomic E-state index is 12.9. The summed E-state index contributed by atoms with van der Waals surface area (Å²) in [7, 11) is 0. The number of aromatic hydroxyl groups is 1. The van der Waals surface area contributed by atoms with E-state index in [1.807, 2.05) is 49.5 Å². The van der Waals surface area contributed by atoms with Crippen LogP contribution in [-0.2, 0) is 9.53 Å². The standard InChI is InChI=1S/C33H44O6/c1-23-13-11-15-24(2)30(36)18-10-8-6-5-7-9-14-25(3)33(38)39-31(22-29(35)20-19-23)26(4)32(37)27-16-12-17-28(34)21-27/h5-17,21,23,26,29-32,34-37H,18-20,22H2,1-4H3. The van der Waals surface area contributed by atoms with Crippen LogP contribution >= 0.6 is 0 Å². The predicted molar refractivity (Wildman–Crippen MR) is 156 cm³/mol. The number of aliphatic hydroxyl groups excluding tert-OH is 3. The number of aliphatic hydroxyl groups is 3. The van der Waals surface area contributed by atoms with Gasteiger partial charge in [-0.05, 0) is 62.3 Å². The van der Waals surface area contributed by atoms with Gasteiger partial charge in [0.25, 0.3) is 0 Å². The maximum absolute atomic E-state index is 12.9. The third kappa shape index (κ3) is 11.6. The first-order chi connectivity index (χ1) is 18.6. The van der Waals surface area contributed by atoms with Crippen molar-refractivity contribution in [3.63, 3.8) is 0 Å². The van der Waals surface area contributed by atoms with Gasteiger partial charge in [-0.3, -0.25) is 0 Å². The van der Waals surface area contributed by atoms with Crippen LogP contribution in [0, 0.1) is 11.8 Å². The van der Waals surface area contributed by atoms with E-state index in [2.05, 4.69) is 6.92 Å². The zero-order valence-corrected chi connectivity index (χ0v) is 23.5. The van der Waals surface area contributed by atoms with Crippen LogP contribution < -0.4 is 0 Å². The van der Waals surface area contributed by atoms with Gasteiger partial charge in [-0.2, -0.15) is 0 Å². The lowest BCUT2D eigenvalue weighted by Crippen LogP contribution is -2.33. The van der Waals surface area contributed by atoms with Gasteiger partial charge in [0.2, 0.25) is 0 Å². The molecule has 1 heterocycles. The average molecular weight is 537 g/mol. The number of cyclic esters (lactones) is 1. The van der Waals surface area contributed by atoms with Gasteiger partial charge in [-0.15, -0.1) is 0 Å². The summed E-state index contributed by atoms with van der Waals surface area (Å²) in [5.74, 6) is -0.830. The van der Waals surface area contributed by atoms with Crippen LogP contribution in [-0.4, -0.2) is 44.7 Å². The van der Waals surface area contributed by atoms with Crippen LogP contribution in [0.2, 0.25) is 0 Å². The minimum atomic E-state index is -1.00. The monoisotopic (exact) mass is 536 g/mol. The fraction of sp³-hybridized carbons (Fsp3) is 0.424. The van der Waals surface area contributed by atoms with E-state index in [4.69, 9.17) is 4.74 Å². The highest BCUT2D eigenvalue weighted by atomic mass is 16.5. The van der Waals surface area contributed by atoms with E-state index < -0.39 is 36.3 Å². The second kappa shape index (κ2) is 16.7. The molecule has 0 aromatic heterocycles. The molecule has 6 atom stereocenters. The van der Waals surface area contributed by atoms with Crippen molar-refractivity contribution < 1.29 is 30.0 Å². The largest absolute Gasteiger partial charge is 0.508 e. The van der Waals surface area contributed by atoms with Crippen molar-refractivity contribution in [2.75, 3.05) is 0 Å². The molecule has 0 fully saturated rings. The number of hydrogen-bond donors (Lipinski definition) is 4. The number of phenolic OH excluding ortho intramolecular Hbond substituents is 1. The fourth-order valence-electron chi connectivity index (χ4n) is 4.19.